The van der Waals surface area contributed by atoms with Gasteiger partial charge in [-0.15, -0.1) is 0 Å². The van der Waals surface area contributed by atoms with Gasteiger partial charge in [0, 0.05) is 22.5 Å². The van der Waals surface area contributed by atoms with Crippen LogP contribution in [-0.2, 0) is 0 Å². The summed E-state index contributed by atoms with van der Waals surface area (Å²) >= 11 is 0. The summed E-state index contributed by atoms with van der Waals surface area (Å²) in [6.45, 7) is 0. The molecule has 10 aromatic rings. The van der Waals surface area contributed by atoms with Crippen LogP contribution in [-0.4, -0.2) is 0 Å². The maximum Gasteiger partial charge on any atom is 0.137 e. The Morgan fingerprint density at radius 3 is 1.38 bits per heavy atom. The van der Waals surface area contributed by atoms with Crippen molar-refractivity contribution >= 4 is 27.8 Å². The van der Waals surface area contributed by atoms with E-state index in [1.54, 1.807) is 0 Å². The molecule has 0 fully saturated rings. The van der Waals surface area contributed by atoms with E-state index in [-0.39, 0.29) is 0 Å². The zero-order valence-corrected chi connectivity index (χ0v) is 32.9. The highest BCUT2D eigenvalue weighted by Gasteiger charge is 2.27. The fourth-order valence-electron chi connectivity index (χ4n) is 8.74. The zero-order valence-electron chi connectivity index (χ0n) is 32.9. The highest BCUT2D eigenvalue weighted by molar-refractivity contribution is 6.01. The number of ether oxygens (including phenoxy) is 1. The number of hydrogen-bond acceptors (Lipinski definition) is 2. The maximum atomic E-state index is 7.09. The molecule has 0 aromatic heterocycles. The maximum absolute atomic E-state index is 7.09. The van der Waals surface area contributed by atoms with Crippen molar-refractivity contribution in [1.29, 1.82) is 0 Å². The summed E-state index contributed by atoms with van der Waals surface area (Å²) in [5, 5.41) is 2.44. The lowest BCUT2D eigenvalue weighted by Crippen LogP contribution is -2.11. The number of hydrogen-bond donors (Lipinski definition) is 0. The smallest absolute Gasteiger partial charge is 0.137 e. The average Bonchev–Trinajstić information content (AvgIpc) is 3.47. The Kier molecular flexibility index (Phi) is 8.87. The van der Waals surface area contributed by atoms with Crippen LogP contribution in [0.25, 0.3) is 77.5 Å². The third-order valence-corrected chi connectivity index (χ3v) is 11.7. The van der Waals surface area contributed by atoms with E-state index in [0.29, 0.717) is 0 Å². The number of benzene rings is 10. The van der Waals surface area contributed by atoms with Crippen LogP contribution < -0.4 is 9.64 Å². The number of nitrogens with zero attached hydrogens (tertiary/aromatic N) is 1. The summed E-state index contributed by atoms with van der Waals surface area (Å²) in [4.78, 5) is 2.37. The lowest BCUT2D eigenvalue weighted by atomic mass is 9.91. The second-order valence-corrected chi connectivity index (χ2v) is 15.3. The van der Waals surface area contributed by atoms with Crippen LogP contribution in [0.3, 0.4) is 0 Å². The molecule has 0 N–H and O–H groups in total. The molecule has 0 unspecified atom stereocenters. The summed E-state index contributed by atoms with van der Waals surface area (Å²) in [6.07, 6.45) is 0. The highest BCUT2D eigenvalue weighted by Crippen LogP contribution is 2.53. The second kappa shape index (κ2) is 15.1. The first-order valence-electron chi connectivity index (χ1n) is 20.5. The van der Waals surface area contributed by atoms with Crippen molar-refractivity contribution in [3.63, 3.8) is 0 Å². The van der Waals surface area contributed by atoms with Gasteiger partial charge >= 0.3 is 0 Å². The molecule has 0 bridgehead atoms. The minimum absolute atomic E-state index is 0.815. The van der Waals surface area contributed by atoms with Crippen LogP contribution in [0, 0.1) is 0 Å². The largest absolute Gasteiger partial charge is 0.456 e. The minimum Gasteiger partial charge on any atom is -0.456 e. The molecule has 0 radical (unpaired) electrons. The Bertz CT molecular complexity index is 3130. The van der Waals surface area contributed by atoms with Crippen molar-refractivity contribution in [3.05, 3.63) is 237 Å². The molecule has 11 rings (SSSR count). The van der Waals surface area contributed by atoms with Gasteiger partial charge in [0.05, 0.1) is 5.69 Å². The SMILES string of the molecule is c1ccc(-c2ccc(-c3ccc(N(c4ccc(-c5ccccc5)cc4)c4cccc5c4-c4ccccc4-c4ccc(-c6cccc7ccccc67)cc4O5)cc3)cc2)cc1. The molecule has 0 amide bonds. The van der Waals surface area contributed by atoms with E-state index < -0.39 is 0 Å². The van der Waals surface area contributed by atoms with Crippen molar-refractivity contribution < 1.29 is 4.74 Å². The van der Waals surface area contributed by atoms with Gasteiger partial charge in [0.1, 0.15) is 11.5 Å². The van der Waals surface area contributed by atoms with Crippen LogP contribution >= 0.6 is 0 Å². The normalized spacial score (nSPS) is 11.5. The summed E-state index contributed by atoms with van der Waals surface area (Å²) in [6, 6.07) is 84.7. The standard InChI is InChI=1S/C58H39NO/c1-3-13-40(14-4-1)42-25-27-43(28-26-42)45-31-36-49(37-32-45)59(48-34-29-44(30-35-48)41-15-5-2-6-16-41)55-23-12-24-56-58(55)54-21-10-9-20-52(54)53-38-33-47(39-57(53)60-56)51-22-11-18-46-17-7-8-19-50(46)51/h1-39H. The first-order chi connectivity index (χ1) is 29.7. The molecule has 0 atom stereocenters. The van der Waals surface area contributed by atoms with Gasteiger partial charge in [-0.3, -0.25) is 0 Å². The highest BCUT2D eigenvalue weighted by atomic mass is 16.5. The van der Waals surface area contributed by atoms with Gasteiger partial charge < -0.3 is 9.64 Å². The molecule has 2 nitrogen and oxygen atoms in total. The van der Waals surface area contributed by atoms with Gasteiger partial charge in [-0.05, 0) is 115 Å². The predicted octanol–water partition coefficient (Wildman–Crippen LogP) is 16.4. The summed E-state index contributed by atoms with van der Waals surface area (Å²) in [7, 11) is 0. The molecule has 282 valence electrons. The molecule has 0 spiro atoms. The van der Waals surface area contributed by atoms with Gasteiger partial charge in [0.25, 0.3) is 0 Å². The minimum atomic E-state index is 0.815. The van der Waals surface area contributed by atoms with E-state index in [1.807, 2.05) is 0 Å². The number of fused-ring (bicyclic) bond motifs is 6. The third kappa shape index (κ3) is 6.41. The van der Waals surface area contributed by atoms with Gasteiger partial charge in [-0.1, -0.05) is 188 Å². The summed E-state index contributed by atoms with van der Waals surface area (Å²) in [5.74, 6) is 1.65. The average molecular weight is 766 g/mol. The molecule has 2 heteroatoms. The molecule has 10 aromatic carbocycles. The quantitative estimate of drug-likeness (QED) is 0.160. The van der Waals surface area contributed by atoms with Gasteiger partial charge in [0.15, 0.2) is 0 Å². The van der Waals surface area contributed by atoms with Crippen LogP contribution in [0.4, 0.5) is 17.1 Å². The molecule has 0 saturated carbocycles. The van der Waals surface area contributed by atoms with Crippen LogP contribution in [0.5, 0.6) is 11.5 Å². The Hall–Kier alpha value is -7.94. The Morgan fingerprint density at radius 1 is 0.283 bits per heavy atom. The molecule has 1 aliphatic rings. The number of rotatable bonds is 7. The molecule has 1 heterocycles. The Labute approximate surface area is 350 Å². The monoisotopic (exact) mass is 765 g/mol. The van der Waals surface area contributed by atoms with Crippen molar-refractivity contribution in [2.75, 3.05) is 4.90 Å². The predicted molar refractivity (Wildman–Crippen MR) is 251 cm³/mol. The Balaban J connectivity index is 1.04. The van der Waals surface area contributed by atoms with Crippen LogP contribution in [0.15, 0.2) is 237 Å². The van der Waals surface area contributed by atoms with E-state index in [4.69, 9.17) is 4.74 Å². The molecular weight excluding hydrogens is 727 g/mol. The van der Waals surface area contributed by atoms with E-state index >= 15 is 0 Å². The van der Waals surface area contributed by atoms with E-state index in [1.165, 1.54) is 44.2 Å². The second-order valence-electron chi connectivity index (χ2n) is 15.3. The van der Waals surface area contributed by atoms with E-state index in [9.17, 15) is 0 Å². The van der Waals surface area contributed by atoms with Gasteiger partial charge in [0.2, 0.25) is 0 Å². The van der Waals surface area contributed by atoms with E-state index in [2.05, 4.69) is 241 Å². The first-order valence-corrected chi connectivity index (χ1v) is 20.5. The van der Waals surface area contributed by atoms with Crippen LogP contribution in [0.2, 0.25) is 0 Å². The zero-order chi connectivity index (χ0) is 39.8. The fraction of sp³-hybridized carbons (Fsp3) is 0. The van der Waals surface area contributed by atoms with Crippen molar-refractivity contribution in [3.8, 4) is 78.3 Å². The lowest BCUT2D eigenvalue weighted by molar-refractivity contribution is 0.488. The van der Waals surface area contributed by atoms with Crippen molar-refractivity contribution in [2.45, 2.75) is 0 Å². The molecule has 0 aliphatic carbocycles. The third-order valence-electron chi connectivity index (χ3n) is 11.7. The van der Waals surface area contributed by atoms with Crippen LogP contribution in [0.1, 0.15) is 0 Å². The first kappa shape index (κ1) is 35.2. The molecule has 1 aliphatic heterocycles. The molecule has 60 heavy (non-hydrogen) atoms. The van der Waals surface area contributed by atoms with Crippen molar-refractivity contribution in [2.24, 2.45) is 0 Å². The summed E-state index contributed by atoms with van der Waals surface area (Å²) < 4.78 is 7.09. The Morgan fingerprint density at radius 2 is 0.750 bits per heavy atom. The molecule has 0 saturated heterocycles. The number of anilines is 3. The van der Waals surface area contributed by atoms with Gasteiger partial charge in [-0.25, -0.2) is 0 Å². The lowest BCUT2D eigenvalue weighted by Gasteiger charge is -2.29. The topological polar surface area (TPSA) is 12.5 Å². The fourth-order valence-corrected chi connectivity index (χ4v) is 8.74. The summed E-state index contributed by atoms with van der Waals surface area (Å²) in [5.41, 5.74) is 17.0. The molecular formula is C58H39NO. The van der Waals surface area contributed by atoms with Gasteiger partial charge in [-0.2, -0.15) is 0 Å². The van der Waals surface area contributed by atoms with Crippen molar-refractivity contribution in [1.82, 2.24) is 0 Å². The van der Waals surface area contributed by atoms with E-state index in [0.717, 1.165) is 61.9 Å².